The molecule has 0 radical (unpaired) electrons. The van der Waals surface area contributed by atoms with Gasteiger partial charge in [-0.25, -0.2) is 5.01 Å². The second-order valence-corrected chi connectivity index (χ2v) is 9.48. The van der Waals surface area contributed by atoms with Crippen molar-refractivity contribution in [3.8, 4) is 0 Å². The molecular weight excluding hydrogens is 426 g/mol. The summed E-state index contributed by atoms with van der Waals surface area (Å²) in [6.45, 7) is 7.14. The Balaban J connectivity index is 1.52. The van der Waals surface area contributed by atoms with Gasteiger partial charge in [0.05, 0.1) is 30.7 Å². The first kappa shape index (κ1) is 22.0. The molecule has 2 heterocycles. The molecule has 162 valence electrons. The predicted molar refractivity (Wildman–Crippen MR) is 131 cm³/mol. The highest BCUT2D eigenvalue weighted by atomic mass is 32.2. The van der Waals surface area contributed by atoms with Gasteiger partial charge in [0.25, 0.3) is 5.91 Å². The van der Waals surface area contributed by atoms with E-state index in [9.17, 15) is 4.79 Å². The molecule has 1 saturated heterocycles. The Morgan fingerprint density at radius 1 is 1.13 bits per heavy atom. The molecule has 1 fully saturated rings. The summed E-state index contributed by atoms with van der Waals surface area (Å²) >= 11 is 6.96. The van der Waals surface area contributed by atoms with Gasteiger partial charge in [-0.2, -0.15) is 5.10 Å². The van der Waals surface area contributed by atoms with Gasteiger partial charge in [0.1, 0.15) is 4.32 Å². The van der Waals surface area contributed by atoms with Crippen LogP contribution in [0.5, 0.6) is 0 Å². The van der Waals surface area contributed by atoms with Gasteiger partial charge >= 0.3 is 0 Å². The highest BCUT2D eigenvalue weighted by Crippen LogP contribution is 2.33. The number of aryl methyl sites for hydroxylation is 2. The molecule has 0 spiro atoms. The summed E-state index contributed by atoms with van der Waals surface area (Å²) in [6.07, 6.45) is 0.705. The van der Waals surface area contributed by atoms with E-state index in [-0.39, 0.29) is 17.7 Å². The topological polar surface area (TPSA) is 45.1 Å². The van der Waals surface area contributed by atoms with Crippen molar-refractivity contribution in [2.45, 2.75) is 26.3 Å². The highest BCUT2D eigenvalue weighted by Gasteiger charge is 2.33. The summed E-state index contributed by atoms with van der Waals surface area (Å²) in [5, 5.41) is 6.45. The summed E-state index contributed by atoms with van der Waals surface area (Å²) < 4.78 is 6.14. The van der Waals surface area contributed by atoms with Crippen LogP contribution in [-0.4, -0.2) is 57.9 Å². The van der Waals surface area contributed by atoms with E-state index >= 15 is 0 Å². The monoisotopic (exact) mass is 453 g/mol. The fraction of sp³-hybridized carbons (Fsp3) is 0.375. The van der Waals surface area contributed by atoms with Gasteiger partial charge in [-0.1, -0.05) is 66.4 Å². The van der Waals surface area contributed by atoms with Gasteiger partial charge in [0.15, 0.2) is 0 Å². The fourth-order valence-electron chi connectivity index (χ4n) is 3.80. The van der Waals surface area contributed by atoms with Crippen LogP contribution in [0.4, 0.5) is 0 Å². The minimum atomic E-state index is -0.0946. The number of benzene rings is 2. The number of hydrazone groups is 1. The summed E-state index contributed by atoms with van der Waals surface area (Å²) in [4.78, 5) is 15.3. The first-order valence-corrected chi connectivity index (χ1v) is 11.9. The van der Waals surface area contributed by atoms with Crippen molar-refractivity contribution < 1.29 is 9.53 Å². The molecule has 1 atom stereocenters. The lowest BCUT2D eigenvalue weighted by atomic mass is 9.96. The molecule has 4 rings (SSSR count). The van der Waals surface area contributed by atoms with E-state index in [1.165, 1.54) is 22.9 Å². The molecule has 0 bridgehead atoms. The Morgan fingerprint density at radius 3 is 2.58 bits per heavy atom. The third-order valence-electron chi connectivity index (χ3n) is 5.78. The summed E-state index contributed by atoms with van der Waals surface area (Å²) in [5.74, 6) is 0.261. The van der Waals surface area contributed by atoms with Crippen LogP contribution in [-0.2, 0) is 9.53 Å². The zero-order chi connectivity index (χ0) is 21.8. The lowest BCUT2D eigenvalue weighted by Crippen LogP contribution is -2.39. The summed E-state index contributed by atoms with van der Waals surface area (Å²) in [6, 6.07) is 16.4. The number of ether oxygens (including phenoxy) is 1. The van der Waals surface area contributed by atoms with Crippen LogP contribution in [0.2, 0.25) is 0 Å². The maximum Gasteiger partial charge on any atom is 0.253 e. The Bertz CT molecular complexity index is 988. The molecule has 0 aliphatic carbocycles. The molecule has 5 nitrogen and oxygen atoms in total. The van der Waals surface area contributed by atoms with E-state index < -0.39 is 0 Å². The van der Waals surface area contributed by atoms with Gasteiger partial charge in [-0.15, -0.1) is 0 Å². The number of hydrogen-bond donors (Lipinski definition) is 0. The predicted octanol–water partition coefficient (Wildman–Crippen LogP) is 4.33. The molecule has 2 aliphatic rings. The number of rotatable bonds is 4. The number of thiocarbonyl (C=S) groups is 1. The van der Waals surface area contributed by atoms with Gasteiger partial charge in [-0.05, 0) is 42.2 Å². The average molecular weight is 454 g/mol. The SMILES string of the molecule is Cc1ccc(C2=NN(C(=O)CSC(=S)N3CCOCC3)[C@@H](c3ccccc3)C2)cc1C. The van der Waals surface area contributed by atoms with Crippen molar-refractivity contribution in [3.05, 3.63) is 70.8 Å². The van der Waals surface area contributed by atoms with Crippen molar-refractivity contribution >= 4 is 39.9 Å². The maximum absolute atomic E-state index is 13.2. The molecule has 2 aromatic rings. The molecule has 0 aromatic heterocycles. The fourth-order valence-corrected chi connectivity index (χ4v) is 4.90. The molecule has 1 amide bonds. The van der Waals surface area contributed by atoms with E-state index in [4.69, 9.17) is 22.1 Å². The molecule has 2 aliphatic heterocycles. The third-order valence-corrected chi connectivity index (χ3v) is 7.29. The normalized spacial score (nSPS) is 18.8. The van der Waals surface area contributed by atoms with Crippen molar-refractivity contribution in [1.82, 2.24) is 9.91 Å². The van der Waals surface area contributed by atoms with Crippen LogP contribution in [0, 0.1) is 13.8 Å². The zero-order valence-electron chi connectivity index (χ0n) is 17.9. The second kappa shape index (κ2) is 9.94. The molecule has 0 saturated carbocycles. The number of nitrogens with zero attached hydrogens (tertiary/aromatic N) is 3. The van der Waals surface area contributed by atoms with Gasteiger partial charge in [-0.3, -0.25) is 4.79 Å². The maximum atomic E-state index is 13.2. The van der Waals surface area contributed by atoms with Crippen LogP contribution in [0.1, 0.15) is 34.7 Å². The highest BCUT2D eigenvalue weighted by molar-refractivity contribution is 8.23. The molecule has 0 unspecified atom stereocenters. The van der Waals surface area contributed by atoms with Crippen LogP contribution in [0.25, 0.3) is 0 Å². The van der Waals surface area contributed by atoms with Gasteiger partial charge < -0.3 is 9.64 Å². The number of carbonyl (C=O) groups excluding carboxylic acids is 1. The van der Waals surface area contributed by atoms with Gasteiger partial charge in [0, 0.05) is 19.5 Å². The zero-order valence-corrected chi connectivity index (χ0v) is 19.5. The minimum Gasteiger partial charge on any atom is -0.378 e. The Hall–Kier alpha value is -2.22. The molecule has 31 heavy (non-hydrogen) atoms. The Kier molecular flexibility index (Phi) is 7.05. The standard InChI is InChI=1S/C24H27N3O2S2/c1-17-8-9-20(14-18(17)2)21-15-22(19-6-4-3-5-7-19)27(25-21)23(28)16-31-24(30)26-10-12-29-13-11-26/h3-9,14,22H,10-13,15-16H2,1-2H3/t22-/m1/s1. The van der Waals surface area contributed by atoms with Crippen LogP contribution in [0.15, 0.2) is 53.6 Å². The number of thioether (sulfide) groups is 1. The Labute approximate surface area is 193 Å². The number of hydrogen-bond acceptors (Lipinski definition) is 5. The molecule has 2 aromatic carbocycles. The largest absolute Gasteiger partial charge is 0.378 e. The first-order valence-electron chi connectivity index (χ1n) is 10.5. The smallest absolute Gasteiger partial charge is 0.253 e. The number of carbonyl (C=O) groups is 1. The quantitative estimate of drug-likeness (QED) is 0.645. The Morgan fingerprint density at radius 2 is 1.87 bits per heavy atom. The second-order valence-electron chi connectivity index (χ2n) is 7.87. The van der Waals surface area contributed by atoms with Crippen molar-refractivity contribution in [2.75, 3.05) is 32.1 Å². The van der Waals surface area contributed by atoms with Crippen molar-refractivity contribution in [1.29, 1.82) is 0 Å². The lowest BCUT2D eigenvalue weighted by Gasteiger charge is -2.29. The first-order chi connectivity index (χ1) is 15.0. The minimum absolute atomic E-state index is 0.0201. The van der Waals surface area contributed by atoms with E-state index in [0.29, 0.717) is 19.6 Å². The molecule has 0 N–H and O–H groups in total. The molecular formula is C24H27N3O2S2. The van der Waals surface area contributed by atoms with E-state index in [1.807, 2.05) is 18.2 Å². The average Bonchev–Trinajstić information content (AvgIpc) is 3.26. The van der Waals surface area contributed by atoms with E-state index in [2.05, 4.69) is 49.1 Å². The van der Waals surface area contributed by atoms with Crippen LogP contribution >= 0.6 is 24.0 Å². The third kappa shape index (κ3) is 5.17. The molecule has 7 heteroatoms. The van der Waals surface area contributed by atoms with Crippen LogP contribution in [0.3, 0.4) is 0 Å². The van der Waals surface area contributed by atoms with Crippen LogP contribution < -0.4 is 0 Å². The summed E-state index contributed by atoms with van der Waals surface area (Å²) in [5.41, 5.74) is 5.61. The van der Waals surface area contributed by atoms with Crippen molar-refractivity contribution in [2.24, 2.45) is 5.10 Å². The number of amides is 1. The van der Waals surface area contributed by atoms with E-state index in [1.54, 1.807) is 5.01 Å². The number of morpholine rings is 1. The van der Waals surface area contributed by atoms with Crippen molar-refractivity contribution in [3.63, 3.8) is 0 Å². The lowest BCUT2D eigenvalue weighted by molar-refractivity contribution is -0.130. The van der Waals surface area contributed by atoms with E-state index in [0.717, 1.165) is 34.2 Å². The summed E-state index contributed by atoms with van der Waals surface area (Å²) in [7, 11) is 0. The van der Waals surface area contributed by atoms with Gasteiger partial charge in [0.2, 0.25) is 0 Å².